The Bertz CT molecular complexity index is 2320. The standard InChI is InChI=1S/C18H24N2O4S.C17H13Cl3N2O4S/c1-25(21,22)20-18-15-9-14(13-7-8-13)16(10-17(15)24-19-18)23-11-12-5-3-2-4-6-12;18-13-4-1-10(6-15(13)20)25-8-9-5-16-12(7-14(9)19)17(21-26-16)22-27(23,24)11-2-3-11/h9-10,12-13H,2-8,11H2,1H3,(H,19,20);1,4-7,11H,2-3,8H2,(H,21,22). The summed E-state index contributed by atoms with van der Waals surface area (Å²) >= 11 is 18.2. The number of hydrogen-bond acceptors (Lipinski definition) is 10. The first-order valence-corrected chi connectivity index (χ1v) is 21.6. The van der Waals surface area contributed by atoms with Crippen LogP contribution in [-0.2, 0) is 26.7 Å². The molecule has 0 bridgehead atoms. The summed E-state index contributed by atoms with van der Waals surface area (Å²) in [7, 11) is -6.84. The number of hydrogen-bond donors (Lipinski definition) is 2. The van der Waals surface area contributed by atoms with Crippen molar-refractivity contribution in [2.45, 2.75) is 75.6 Å². The third-order valence-corrected chi connectivity index (χ3v) is 12.7. The molecule has 17 heteroatoms. The summed E-state index contributed by atoms with van der Waals surface area (Å²) in [6.07, 6.45) is 11.1. The van der Waals surface area contributed by atoms with Crippen LogP contribution in [0, 0.1) is 5.92 Å². The average Bonchev–Trinajstić information content (AvgIpc) is 4.05. The van der Waals surface area contributed by atoms with E-state index in [4.69, 9.17) is 53.3 Å². The second-order valence-electron chi connectivity index (χ2n) is 13.6. The van der Waals surface area contributed by atoms with E-state index in [1.54, 1.807) is 30.3 Å². The number of nitrogens with one attached hydrogen (secondary N) is 2. The molecule has 8 rings (SSSR count). The molecule has 5 aromatic rings. The zero-order valence-electron chi connectivity index (χ0n) is 28.2. The lowest BCUT2D eigenvalue weighted by Crippen LogP contribution is -2.17. The van der Waals surface area contributed by atoms with E-state index < -0.39 is 20.0 Å². The molecule has 3 fully saturated rings. The highest BCUT2D eigenvalue weighted by Crippen LogP contribution is 2.47. The van der Waals surface area contributed by atoms with Gasteiger partial charge in [0, 0.05) is 22.7 Å². The van der Waals surface area contributed by atoms with Gasteiger partial charge in [-0.2, -0.15) is 0 Å². The minimum absolute atomic E-state index is 0.135. The number of fused-ring (bicyclic) bond motifs is 2. The van der Waals surface area contributed by atoms with E-state index in [9.17, 15) is 16.8 Å². The van der Waals surface area contributed by atoms with Gasteiger partial charge in [0.15, 0.2) is 22.8 Å². The number of aromatic nitrogens is 2. The normalized spacial score (nSPS) is 16.8. The van der Waals surface area contributed by atoms with Crippen LogP contribution in [0.3, 0.4) is 0 Å². The van der Waals surface area contributed by atoms with Gasteiger partial charge in [0.05, 0.1) is 38.9 Å². The molecule has 0 amide bonds. The van der Waals surface area contributed by atoms with Gasteiger partial charge in [-0.1, -0.05) is 64.4 Å². The Hall–Kier alpha value is -3.43. The van der Waals surface area contributed by atoms with Gasteiger partial charge in [-0.3, -0.25) is 9.44 Å². The van der Waals surface area contributed by atoms with Crippen LogP contribution in [-0.4, -0.2) is 45.3 Å². The van der Waals surface area contributed by atoms with E-state index in [0.29, 0.717) is 73.0 Å². The maximum Gasteiger partial charge on any atom is 0.236 e. The Morgan fingerprint density at radius 2 is 1.42 bits per heavy atom. The molecule has 3 aromatic carbocycles. The molecule has 52 heavy (non-hydrogen) atoms. The van der Waals surface area contributed by atoms with Crippen molar-refractivity contribution in [1.82, 2.24) is 10.3 Å². The molecule has 0 unspecified atom stereocenters. The van der Waals surface area contributed by atoms with Crippen molar-refractivity contribution in [1.29, 1.82) is 0 Å². The monoisotopic (exact) mass is 810 g/mol. The van der Waals surface area contributed by atoms with Crippen molar-refractivity contribution in [2.75, 3.05) is 22.3 Å². The summed E-state index contributed by atoms with van der Waals surface area (Å²) in [5.41, 5.74) is 2.75. The number of anilines is 2. The van der Waals surface area contributed by atoms with Gasteiger partial charge >= 0.3 is 0 Å². The lowest BCUT2D eigenvalue weighted by molar-refractivity contribution is 0.207. The molecule has 0 spiro atoms. The number of halogens is 3. The second-order valence-corrected chi connectivity index (χ2v) is 18.5. The number of sulfonamides is 2. The largest absolute Gasteiger partial charge is 0.493 e. The molecule has 3 aliphatic carbocycles. The summed E-state index contributed by atoms with van der Waals surface area (Å²) in [4.78, 5) is 0. The second kappa shape index (κ2) is 15.1. The molecular weight excluding hydrogens is 775 g/mol. The smallest absolute Gasteiger partial charge is 0.236 e. The Kier molecular flexibility index (Phi) is 10.7. The third-order valence-electron chi connectivity index (χ3n) is 9.23. The van der Waals surface area contributed by atoms with Crippen molar-refractivity contribution in [3.8, 4) is 11.5 Å². The van der Waals surface area contributed by atoms with Gasteiger partial charge < -0.3 is 18.5 Å². The van der Waals surface area contributed by atoms with Gasteiger partial charge in [-0.15, -0.1) is 0 Å². The number of nitrogens with zero attached hydrogens (tertiary/aromatic N) is 2. The molecule has 12 nitrogen and oxygen atoms in total. The van der Waals surface area contributed by atoms with Crippen LogP contribution in [0.15, 0.2) is 51.5 Å². The van der Waals surface area contributed by atoms with Crippen molar-refractivity contribution < 1.29 is 35.4 Å². The van der Waals surface area contributed by atoms with Gasteiger partial charge in [0.1, 0.15) is 18.1 Å². The molecule has 3 aliphatic rings. The highest BCUT2D eigenvalue weighted by molar-refractivity contribution is 7.93. The summed E-state index contributed by atoms with van der Waals surface area (Å²) < 4.78 is 74.5. The predicted octanol–water partition coefficient (Wildman–Crippen LogP) is 9.31. The van der Waals surface area contributed by atoms with Gasteiger partial charge in [-0.05, 0) is 86.3 Å². The molecule has 2 N–H and O–H groups in total. The molecule has 278 valence electrons. The van der Waals surface area contributed by atoms with Crippen LogP contribution < -0.4 is 18.9 Å². The summed E-state index contributed by atoms with van der Waals surface area (Å²) in [6, 6.07) is 12.1. The van der Waals surface area contributed by atoms with Crippen LogP contribution in [0.1, 0.15) is 74.8 Å². The Labute approximate surface area is 316 Å². The first-order valence-electron chi connectivity index (χ1n) is 17.0. The zero-order valence-corrected chi connectivity index (χ0v) is 32.1. The molecule has 0 atom stereocenters. The Morgan fingerprint density at radius 3 is 2.08 bits per heavy atom. The van der Waals surface area contributed by atoms with E-state index in [1.807, 2.05) is 12.1 Å². The van der Waals surface area contributed by atoms with E-state index in [1.165, 1.54) is 32.1 Å². The fourth-order valence-electron chi connectivity index (χ4n) is 6.14. The number of rotatable bonds is 12. The molecule has 2 heterocycles. The van der Waals surface area contributed by atoms with Crippen molar-refractivity contribution in [3.63, 3.8) is 0 Å². The van der Waals surface area contributed by atoms with Crippen molar-refractivity contribution >= 4 is 88.4 Å². The lowest BCUT2D eigenvalue weighted by Gasteiger charge is -2.22. The maximum atomic E-state index is 12.1. The quantitative estimate of drug-likeness (QED) is 0.124. The first kappa shape index (κ1) is 36.9. The summed E-state index contributed by atoms with van der Waals surface area (Å²) in [5, 5.41) is 9.73. The third kappa shape index (κ3) is 9.02. The Morgan fingerprint density at radius 1 is 0.750 bits per heavy atom. The Balaban J connectivity index is 0.000000162. The maximum absolute atomic E-state index is 12.1. The first-order chi connectivity index (χ1) is 24.8. The lowest BCUT2D eigenvalue weighted by atomic mass is 9.90. The van der Waals surface area contributed by atoms with Crippen molar-refractivity contribution in [2.24, 2.45) is 5.92 Å². The number of ether oxygens (including phenoxy) is 2. The molecule has 0 saturated heterocycles. The predicted molar refractivity (Wildman–Crippen MR) is 202 cm³/mol. The fraction of sp³-hybridized carbons (Fsp3) is 0.429. The summed E-state index contributed by atoms with van der Waals surface area (Å²) in [6.45, 7) is 0.907. The highest BCUT2D eigenvalue weighted by atomic mass is 35.5. The van der Waals surface area contributed by atoms with Crippen LogP contribution in [0.4, 0.5) is 11.6 Å². The molecule has 0 radical (unpaired) electrons. The van der Waals surface area contributed by atoms with E-state index >= 15 is 0 Å². The molecule has 0 aliphatic heterocycles. The van der Waals surface area contributed by atoms with Gasteiger partial charge in [-0.25, -0.2) is 16.8 Å². The number of benzene rings is 3. The van der Waals surface area contributed by atoms with Crippen LogP contribution in [0.2, 0.25) is 15.1 Å². The van der Waals surface area contributed by atoms with E-state index in [-0.39, 0.29) is 23.5 Å². The fourth-order valence-corrected chi connectivity index (χ4v) is 8.48. The van der Waals surface area contributed by atoms with Crippen molar-refractivity contribution in [3.05, 3.63) is 68.7 Å². The minimum Gasteiger partial charge on any atom is -0.493 e. The van der Waals surface area contributed by atoms with E-state index in [0.717, 1.165) is 37.0 Å². The molecule has 2 aromatic heterocycles. The molecule has 3 saturated carbocycles. The topological polar surface area (TPSA) is 163 Å². The SMILES string of the molecule is CS(=O)(=O)Nc1noc2cc(OCC3CCCCC3)c(C3CC3)cc12.O=S(=O)(Nc1noc2cc(COc3ccc(Cl)c(Cl)c3)c(Cl)cc12)C1CC1. The van der Waals surface area contributed by atoms with Crippen LogP contribution >= 0.6 is 34.8 Å². The van der Waals surface area contributed by atoms with Gasteiger partial charge in [0.25, 0.3) is 0 Å². The highest BCUT2D eigenvalue weighted by Gasteiger charge is 2.36. The van der Waals surface area contributed by atoms with Crippen LogP contribution in [0.5, 0.6) is 11.5 Å². The van der Waals surface area contributed by atoms with Gasteiger partial charge in [0.2, 0.25) is 20.0 Å². The average molecular weight is 812 g/mol. The zero-order chi connectivity index (χ0) is 36.6. The minimum atomic E-state index is -3.44. The van der Waals surface area contributed by atoms with Crippen LogP contribution in [0.25, 0.3) is 21.9 Å². The summed E-state index contributed by atoms with van der Waals surface area (Å²) in [5.74, 6) is 2.91. The van der Waals surface area contributed by atoms with E-state index in [2.05, 4.69) is 19.8 Å². The molecular formula is C35H37Cl3N4O8S2.